The molecular formula is C19H15ClN4O2. The van der Waals surface area contributed by atoms with Crippen LogP contribution in [0.25, 0.3) is 11.5 Å². The Bertz CT molecular complexity index is 996. The Hall–Kier alpha value is -2.96. The van der Waals surface area contributed by atoms with E-state index in [0.717, 1.165) is 11.1 Å². The minimum Gasteiger partial charge on any atom is -0.380 e. The van der Waals surface area contributed by atoms with E-state index in [-0.39, 0.29) is 0 Å². The minimum absolute atomic E-state index is 0.344. The number of hydrogen-bond acceptors (Lipinski definition) is 5. The Morgan fingerprint density at radius 3 is 2.62 bits per heavy atom. The molecule has 0 amide bonds. The fourth-order valence-corrected chi connectivity index (χ4v) is 2.79. The van der Waals surface area contributed by atoms with E-state index in [1.807, 2.05) is 42.5 Å². The molecule has 0 aliphatic carbocycles. The SMILES string of the molecule is O[C@@H](c1ccccc1)c1nccn1Cc1noc(-c2ccc(Cl)cc2)n1. The Labute approximate surface area is 154 Å². The zero-order chi connectivity index (χ0) is 17.9. The van der Waals surface area contributed by atoms with Crippen molar-refractivity contribution in [2.45, 2.75) is 12.6 Å². The molecule has 4 rings (SSSR count). The number of hydrogen-bond donors (Lipinski definition) is 1. The summed E-state index contributed by atoms with van der Waals surface area (Å²) in [5.41, 5.74) is 1.57. The molecule has 0 fully saturated rings. The lowest BCUT2D eigenvalue weighted by Gasteiger charge is -2.12. The Balaban J connectivity index is 1.56. The summed E-state index contributed by atoms with van der Waals surface area (Å²) >= 11 is 5.90. The molecule has 2 heterocycles. The maximum atomic E-state index is 10.6. The van der Waals surface area contributed by atoms with E-state index < -0.39 is 6.10 Å². The lowest BCUT2D eigenvalue weighted by atomic mass is 10.1. The highest BCUT2D eigenvalue weighted by Crippen LogP contribution is 2.22. The van der Waals surface area contributed by atoms with Crippen LogP contribution in [0.3, 0.4) is 0 Å². The standard InChI is InChI=1S/C19H15ClN4O2/c20-15-8-6-14(7-9-15)19-22-16(23-26-19)12-24-11-10-21-18(24)17(25)13-4-2-1-3-5-13/h1-11,17,25H,12H2/t17-/m0/s1. The highest BCUT2D eigenvalue weighted by atomic mass is 35.5. The van der Waals surface area contributed by atoms with Gasteiger partial charge >= 0.3 is 0 Å². The van der Waals surface area contributed by atoms with Gasteiger partial charge in [0.2, 0.25) is 0 Å². The third kappa shape index (κ3) is 3.37. The van der Waals surface area contributed by atoms with Crippen LogP contribution in [0.15, 0.2) is 71.5 Å². The van der Waals surface area contributed by atoms with Crippen molar-refractivity contribution in [2.24, 2.45) is 0 Å². The molecule has 0 unspecified atom stereocenters. The topological polar surface area (TPSA) is 77.0 Å². The first-order chi connectivity index (χ1) is 12.7. The summed E-state index contributed by atoms with van der Waals surface area (Å²) in [6.07, 6.45) is 2.59. The van der Waals surface area contributed by atoms with Crippen LogP contribution in [0.5, 0.6) is 0 Å². The zero-order valence-electron chi connectivity index (χ0n) is 13.7. The highest BCUT2D eigenvalue weighted by Gasteiger charge is 2.17. The van der Waals surface area contributed by atoms with Crippen LogP contribution in [0.2, 0.25) is 5.02 Å². The Morgan fingerprint density at radius 1 is 1.08 bits per heavy atom. The monoisotopic (exact) mass is 366 g/mol. The molecule has 26 heavy (non-hydrogen) atoms. The average molecular weight is 367 g/mol. The molecule has 2 aromatic carbocycles. The Morgan fingerprint density at radius 2 is 1.85 bits per heavy atom. The summed E-state index contributed by atoms with van der Waals surface area (Å²) < 4.78 is 7.12. The van der Waals surface area contributed by atoms with Gasteiger partial charge in [-0.2, -0.15) is 4.98 Å². The first kappa shape index (κ1) is 16.5. The minimum atomic E-state index is -0.825. The maximum absolute atomic E-state index is 10.6. The number of imidazole rings is 1. The number of aliphatic hydroxyl groups is 1. The van der Waals surface area contributed by atoms with Crippen molar-refractivity contribution in [1.29, 1.82) is 0 Å². The van der Waals surface area contributed by atoms with Crippen molar-refractivity contribution in [3.05, 3.63) is 89.2 Å². The van der Waals surface area contributed by atoms with Crippen molar-refractivity contribution >= 4 is 11.6 Å². The molecule has 2 aromatic heterocycles. The van der Waals surface area contributed by atoms with E-state index in [4.69, 9.17) is 16.1 Å². The predicted molar refractivity (Wildman–Crippen MR) is 96.6 cm³/mol. The van der Waals surface area contributed by atoms with Gasteiger partial charge in [-0.3, -0.25) is 0 Å². The summed E-state index contributed by atoms with van der Waals surface area (Å²) in [6.45, 7) is 0.344. The van der Waals surface area contributed by atoms with Crippen molar-refractivity contribution in [2.75, 3.05) is 0 Å². The van der Waals surface area contributed by atoms with Crippen molar-refractivity contribution in [1.82, 2.24) is 19.7 Å². The smallest absolute Gasteiger partial charge is 0.257 e. The first-order valence-electron chi connectivity index (χ1n) is 8.03. The fraction of sp³-hybridized carbons (Fsp3) is 0.105. The molecule has 0 aliphatic heterocycles. The number of nitrogens with zero attached hydrogens (tertiary/aromatic N) is 4. The third-order valence-electron chi connectivity index (χ3n) is 3.98. The van der Waals surface area contributed by atoms with Gasteiger partial charge in [0.25, 0.3) is 5.89 Å². The second-order valence-electron chi connectivity index (χ2n) is 5.75. The zero-order valence-corrected chi connectivity index (χ0v) is 14.4. The van der Waals surface area contributed by atoms with Crippen LogP contribution in [0.1, 0.15) is 23.3 Å². The molecule has 6 nitrogen and oxygen atoms in total. The van der Waals surface area contributed by atoms with Crippen molar-refractivity contribution < 1.29 is 9.63 Å². The van der Waals surface area contributed by atoms with Gasteiger partial charge in [-0.1, -0.05) is 47.1 Å². The van der Waals surface area contributed by atoms with Crippen LogP contribution >= 0.6 is 11.6 Å². The van der Waals surface area contributed by atoms with E-state index in [1.54, 1.807) is 29.1 Å². The number of rotatable bonds is 5. The average Bonchev–Trinajstić information content (AvgIpc) is 3.33. The molecule has 0 saturated carbocycles. The number of halogens is 1. The van der Waals surface area contributed by atoms with Gasteiger partial charge in [0, 0.05) is 23.0 Å². The molecule has 1 N–H and O–H groups in total. The van der Waals surface area contributed by atoms with E-state index in [0.29, 0.717) is 29.1 Å². The second-order valence-corrected chi connectivity index (χ2v) is 6.19. The molecule has 0 saturated heterocycles. The van der Waals surface area contributed by atoms with Crippen molar-refractivity contribution in [3.8, 4) is 11.5 Å². The molecule has 1 atom stereocenters. The lowest BCUT2D eigenvalue weighted by Crippen LogP contribution is -2.11. The number of aliphatic hydroxyl groups excluding tert-OH is 1. The first-order valence-corrected chi connectivity index (χ1v) is 8.41. The van der Waals surface area contributed by atoms with E-state index in [9.17, 15) is 5.11 Å². The normalized spacial score (nSPS) is 12.2. The largest absolute Gasteiger partial charge is 0.380 e. The van der Waals surface area contributed by atoms with Gasteiger partial charge in [-0.25, -0.2) is 4.98 Å². The molecular weight excluding hydrogens is 352 g/mol. The van der Waals surface area contributed by atoms with E-state index >= 15 is 0 Å². The molecule has 0 spiro atoms. The summed E-state index contributed by atoms with van der Waals surface area (Å²) in [6, 6.07) is 16.6. The molecule has 4 aromatic rings. The molecule has 0 radical (unpaired) electrons. The van der Waals surface area contributed by atoms with Gasteiger partial charge in [0.15, 0.2) is 5.82 Å². The molecule has 0 bridgehead atoms. The summed E-state index contributed by atoms with van der Waals surface area (Å²) in [5, 5.41) is 15.2. The molecule has 7 heteroatoms. The summed E-state index contributed by atoms with van der Waals surface area (Å²) in [4.78, 5) is 8.68. The van der Waals surface area contributed by atoms with Crippen LogP contribution in [-0.4, -0.2) is 24.8 Å². The van der Waals surface area contributed by atoms with Gasteiger partial charge < -0.3 is 14.2 Å². The van der Waals surface area contributed by atoms with E-state index in [2.05, 4.69) is 15.1 Å². The summed E-state index contributed by atoms with van der Waals surface area (Å²) in [5.74, 6) is 1.44. The van der Waals surface area contributed by atoms with Gasteiger partial charge in [-0.05, 0) is 29.8 Å². The van der Waals surface area contributed by atoms with Crippen LogP contribution < -0.4 is 0 Å². The highest BCUT2D eigenvalue weighted by molar-refractivity contribution is 6.30. The van der Waals surface area contributed by atoms with Crippen molar-refractivity contribution in [3.63, 3.8) is 0 Å². The Kier molecular flexibility index (Phi) is 4.51. The van der Waals surface area contributed by atoms with Crippen LogP contribution in [-0.2, 0) is 6.54 Å². The van der Waals surface area contributed by atoms with Crippen LogP contribution in [0, 0.1) is 0 Å². The maximum Gasteiger partial charge on any atom is 0.257 e. The van der Waals surface area contributed by atoms with Gasteiger partial charge in [0.05, 0.1) is 6.54 Å². The van der Waals surface area contributed by atoms with E-state index in [1.165, 1.54) is 0 Å². The number of benzene rings is 2. The quantitative estimate of drug-likeness (QED) is 0.582. The fourth-order valence-electron chi connectivity index (χ4n) is 2.67. The molecule has 130 valence electrons. The molecule has 0 aliphatic rings. The predicted octanol–water partition coefficient (Wildman–Crippen LogP) is 3.72. The van der Waals surface area contributed by atoms with Gasteiger partial charge in [-0.15, -0.1) is 0 Å². The number of aromatic nitrogens is 4. The summed E-state index contributed by atoms with van der Waals surface area (Å²) in [7, 11) is 0. The lowest BCUT2D eigenvalue weighted by molar-refractivity contribution is 0.205. The van der Waals surface area contributed by atoms with Crippen LogP contribution in [0.4, 0.5) is 0 Å². The third-order valence-corrected chi connectivity index (χ3v) is 4.23. The van der Waals surface area contributed by atoms with Gasteiger partial charge in [0.1, 0.15) is 11.9 Å². The second kappa shape index (κ2) is 7.11.